The van der Waals surface area contributed by atoms with Crippen LogP contribution in [0.15, 0.2) is 28.8 Å². The molecule has 4 nitrogen and oxygen atoms in total. The smallest absolute Gasteiger partial charge is 0.243 e. The molecule has 1 heterocycles. The monoisotopic (exact) mass is 207 g/mol. The van der Waals surface area contributed by atoms with E-state index in [1.807, 2.05) is 0 Å². The molecule has 2 N–H and O–H groups in total. The van der Waals surface area contributed by atoms with Gasteiger partial charge in [-0.05, 0) is 19.1 Å². The Kier molecular flexibility index (Phi) is 2.47. The van der Waals surface area contributed by atoms with Gasteiger partial charge in [-0.2, -0.15) is 4.98 Å². The van der Waals surface area contributed by atoms with Crippen LogP contribution in [0.1, 0.15) is 18.9 Å². The van der Waals surface area contributed by atoms with Gasteiger partial charge in [0.15, 0.2) is 0 Å². The number of aromatic nitrogens is 2. The fourth-order valence-corrected chi connectivity index (χ4v) is 1.17. The topological polar surface area (TPSA) is 64.9 Å². The van der Waals surface area contributed by atoms with Crippen LogP contribution in [0.25, 0.3) is 11.4 Å². The molecule has 2 aromatic rings. The largest absolute Gasteiger partial charge is 0.337 e. The molecule has 0 unspecified atom stereocenters. The Morgan fingerprint density at radius 2 is 2.13 bits per heavy atom. The molecular formula is C10H10FN3O. The second-order valence-corrected chi connectivity index (χ2v) is 3.22. The molecule has 2 rings (SSSR count). The number of nitrogens with two attached hydrogens (primary N) is 1. The number of nitrogens with zero attached hydrogens (tertiary/aromatic N) is 2. The molecule has 0 amide bonds. The average molecular weight is 207 g/mol. The van der Waals surface area contributed by atoms with E-state index in [0.717, 1.165) is 0 Å². The van der Waals surface area contributed by atoms with Crippen molar-refractivity contribution in [1.29, 1.82) is 0 Å². The molecule has 1 aromatic heterocycles. The summed E-state index contributed by atoms with van der Waals surface area (Å²) in [5.41, 5.74) is 5.87. The van der Waals surface area contributed by atoms with Crippen LogP contribution in [-0.2, 0) is 0 Å². The highest BCUT2D eigenvalue weighted by atomic mass is 19.1. The van der Waals surface area contributed by atoms with Crippen LogP contribution in [0.2, 0.25) is 0 Å². The molecule has 0 radical (unpaired) electrons. The Bertz CT molecular complexity index is 467. The number of hydrogen-bond donors (Lipinski definition) is 1. The first-order valence-corrected chi connectivity index (χ1v) is 4.52. The van der Waals surface area contributed by atoms with Crippen molar-refractivity contribution in [2.45, 2.75) is 13.0 Å². The van der Waals surface area contributed by atoms with Crippen molar-refractivity contribution in [2.75, 3.05) is 0 Å². The van der Waals surface area contributed by atoms with E-state index in [1.54, 1.807) is 25.1 Å². The zero-order valence-corrected chi connectivity index (χ0v) is 8.14. The van der Waals surface area contributed by atoms with E-state index in [2.05, 4.69) is 10.1 Å². The first kappa shape index (κ1) is 9.79. The molecule has 0 saturated heterocycles. The molecule has 0 aliphatic carbocycles. The van der Waals surface area contributed by atoms with Crippen LogP contribution < -0.4 is 5.73 Å². The lowest BCUT2D eigenvalue weighted by Crippen LogP contribution is -2.04. The lowest BCUT2D eigenvalue weighted by atomic mass is 10.2. The van der Waals surface area contributed by atoms with Gasteiger partial charge in [-0.3, -0.25) is 0 Å². The highest BCUT2D eigenvalue weighted by Gasteiger charge is 2.13. The fourth-order valence-electron chi connectivity index (χ4n) is 1.17. The van der Waals surface area contributed by atoms with E-state index in [9.17, 15) is 4.39 Å². The summed E-state index contributed by atoms with van der Waals surface area (Å²) in [6.45, 7) is 1.72. The third-order valence-corrected chi connectivity index (χ3v) is 1.95. The van der Waals surface area contributed by atoms with Crippen molar-refractivity contribution in [3.05, 3.63) is 36.0 Å². The lowest BCUT2D eigenvalue weighted by molar-refractivity contribution is 0.362. The quantitative estimate of drug-likeness (QED) is 0.816. The summed E-state index contributed by atoms with van der Waals surface area (Å²) in [7, 11) is 0. The van der Waals surface area contributed by atoms with Gasteiger partial charge in [-0.25, -0.2) is 4.39 Å². The minimum absolute atomic E-state index is 0.223. The zero-order valence-electron chi connectivity index (χ0n) is 8.14. The van der Waals surface area contributed by atoms with Crippen LogP contribution in [0.4, 0.5) is 4.39 Å². The number of hydrogen-bond acceptors (Lipinski definition) is 4. The van der Waals surface area contributed by atoms with Gasteiger partial charge in [0.1, 0.15) is 5.82 Å². The molecule has 15 heavy (non-hydrogen) atoms. The molecule has 1 atom stereocenters. The minimum Gasteiger partial charge on any atom is -0.337 e. The molecule has 0 bridgehead atoms. The highest BCUT2D eigenvalue weighted by molar-refractivity contribution is 5.54. The van der Waals surface area contributed by atoms with Gasteiger partial charge in [-0.15, -0.1) is 0 Å². The van der Waals surface area contributed by atoms with Crippen LogP contribution in [0, 0.1) is 5.82 Å². The minimum atomic E-state index is -0.380. The van der Waals surface area contributed by atoms with Crippen molar-refractivity contribution < 1.29 is 8.91 Å². The Morgan fingerprint density at radius 3 is 2.73 bits per heavy atom. The van der Waals surface area contributed by atoms with E-state index in [-0.39, 0.29) is 17.7 Å². The van der Waals surface area contributed by atoms with E-state index in [0.29, 0.717) is 11.5 Å². The number of rotatable bonds is 2. The summed E-state index contributed by atoms with van der Waals surface area (Å²) in [6, 6.07) is 5.90. The molecule has 78 valence electrons. The average Bonchev–Trinajstić information content (AvgIpc) is 2.67. The van der Waals surface area contributed by atoms with E-state index < -0.39 is 0 Å². The molecular weight excluding hydrogens is 197 g/mol. The maximum Gasteiger partial charge on any atom is 0.243 e. The Morgan fingerprint density at radius 1 is 1.40 bits per heavy atom. The van der Waals surface area contributed by atoms with Crippen LogP contribution in [0.3, 0.4) is 0 Å². The van der Waals surface area contributed by atoms with Gasteiger partial charge in [0, 0.05) is 0 Å². The van der Waals surface area contributed by atoms with Crippen LogP contribution >= 0.6 is 0 Å². The van der Waals surface area contributed by atoms with Gasteiger partial charge in [-0.1, -0.05) is 17.3 Å². The van der Waals surface area contributed by atoms with E-state index in [4.69, 9.17) is 10.3 Å². The normalized spacial score (nSPS) is 12.7. The Hall–Kier alpha value is -1.75. The maximum absolute atomic E-state index is 13.3. The van der Waals surface area contributed by atoms with Crippen molar-refractivity contribution in [2.24, 2.45) is 5.73 Å². The summed E-state index contributed by atoms with van der Waals surface area (Å²) < 4.78 is 18.2. The van der Waals surface area contributed by atoms with Crippen LogP contribution in [0.5, 0.6) is 0 Å². The fraction of sp³-hybridized carbons (Fsp3) is 0.200. The van der Waals surface area contributed by atoms with Gasteiger partial charge in [0.25, 0.3) is 0 Å². The zero-order chi connectivity index (χ0) is 10.8. The van der Waals surface area contributed by atoms with Crippen molar-refractivity contribution in [3.8, 4) is 11.4 Å². The molecule has 5 heteroatoms. The van der Waals surface area contributed by atoms with Crippen molar-refractivity contribution in [3.63, 3.8) is 0 Å². The summed E-state index contributed by atoms with van der Waals surface area (Å²) >= 11 is 0. The van der Waals surface area contributed by atoms with Gasteiger partial charge >= 0.3 is 0 Å². The van der Waals surface area contributed by atoms with E-state index >= 15 is 0 Å². The maximum atomic E-state index is 13.3. The van der Waals surface area contributed by atoms with Gasteiger partial charge in [0.05, 0.1) is 11.6 Å². The molecule has 1 aromatic carbocycles. The highest BCUT2D eigenvalue weighted by Crippen LogP contribution is 2.20. The van der Waals surface area contributed by atoms with E-state index in [1.165, 1.54) is 6.07 Å². The second kappa shape index (κ2) is 3.78. The molecule has 0 fully saturated rings. The Balaban J connectivity index is 2.42. The first-order chi connectivity index (χ1) is 7.18. The third kappa shape index (κ3) is 1.87. The van der Waals surface area contributed by atoms with Gasteiger partial charge in [0.2, 0.25) is 11.7 Å². The standard InChI is InChI=1S/C10H10FN3O/c1-6(12)10-13-9(14-15-10)7-4-2-3-5-8(7)11/h2-6H,12H2,1H3/t6-/m1/s1. The molecule has 0 saturated carbocycles. The lowest BCUT2D eigenvalue weighted by Gasteiger charge is -1.95. The molecule has 0 aliphatic rings. The predicted octanol–water partition coefficient (Wildman–Crippen LogP) is 1.90. The van der Waals surface area contributed by atoms with Crippen LogP contribution in [-0.4, -0.2) is 10.1 Å². The van der Waals surface area contributed by atoms with Crippen molar-refractivity contribution >= 4 is 0 Å². The molecule has 0 aliphatic heterocycles. The first-order valence-electron chi connectivity index (χ1n) is 4.52. The summed E-state index contributed by atoms with van der Waals surface area (Å²) in [5.74, 6) is 0.142. The molecule has 0 spiro atoms. The van der Waals surface area contributed by atoms with Crippen molar-refractivity contribution in [1.82, 2.24) is 10.1 Å². The second-order valence-electron chi connectivity index (χ2n) is 3.22. The SMILES string of the molecule is C[C@@H](N)c1nc(-c2ccccc2F)no1. The predicted molar refractivity (Wildman–Crippen MR) is 52.3 cm³/mol. The van der Waals surface area contributed by atoms with Gasteiger partial charge < -0.3 is 10.3 Å². The summed E-state index contributed by atoms with van der Waals surface area (Å²) in [6.07, 6.45) is 0. The summed E-state index contributed by atoms with van der Waals surface area (Å²) in [4.78, 5) is 4.00. The number of halogens is 1. The summed E-state index contributed by atoms with van der Waals surface area (Å²) in [5, 5.41) is 3.66. The third-order valence-electron chi connectivity index (χ3n) is 1.95. The number of benzene rings is 1. The Labute approximate surface area is 85.9 Å².